The van der Waals surface area contributed by atoms with Gasteiger partial charge in [0.05, 0.1) is 18.5 Å². The van der Waals surface area contributed by atoms with Gasteiger partial charge in [-0.05, 0) is 18.2 Å². The summed E-state index contributed by atoms with van der Waals surface area (Å²) >= 11 is 0. The summed E-state index contributed by atoms with van der Waals surface area (Å²) < 4.78 is 4.50. The summed E-state index contributed by atoms with van der Waals surface area (Å²) in [6.07, 6.45) is 1.49. The Morgan fingerprint density at radius 3 is 2.92 bits per heavy atom. The molecule has 0 amide bonds. The largest absolute Gasteiger partial charge is 0.464 e. The van der Waals surface area contributed by atoms with Gasteiger partial charge in [-0.15, -0.1) is 0 Å². The second-order valence-corrected chi connectivity index (χ2v) is 2.37. The smallest absolute Gasteiger partial charge is 0.356 e. The van der Waals surface area contributed by atoms with Gasteiger partial charge in [0.2, 0.25) is 0 Å². The van der Waals surface area contributed by atoms with Crippen LogP contribution in [0.3, 0.4) is 0 Å². The average Bonchev–Trinajstić information content (AvgIpc) is 2.17. The number of methoxy groups -OCH3 is 1. The molecule has 13 heavy (non-hydrogen) atoms. The van der Waals surface area contributed by atoms with Crippen molar-refractivity contribution in [2.24, 2.45) is 0 Å². The van der Waals surface area contributed by atoms with Crippen molar-refractivity contribution in [2.75, 3.05) is 12.8 Å². The second kappa shape index (κ2) is 3.71. The first-order valence-corrected chi connectivity index (χ1v) is 3.66. The van der Waals surface area contributed by atoms with Crippen molar-refractivity contribution >= 4 is 17.7 Å². The molecule has 0 bridgehead atoms. The van der Waals surface area contributed by atoms with Gasteiger partial charge in [0.1, 0.15) is 5.69 Å². The van der Waals surface area contributed by atoms with Crippen LogP contribution in [0.5, 0.6) is 0 Å². The number of aromatic nitrogens is 1. The van der Waals surface area contributed by atoms with Gasteiger partial charge in [-0.1, -0.05) is 6.58 Å². The highest BCUT2D eigenvalue weighted by molar-refractivity contribution is 5.88. The first-order valence-electron chi connectivity index (χ1n) is 3.66. The predicted molar refractivity (Wildman–Crippen MR) is 50.1 cm³/mol. The molecule has 0 aromatic carbocycles. The van der Waals surface area contributed by atoms with Crippen LogP contribution in [0.4, 0.5) is 5.69 Å². The highest BCUT2D eigenvalue weighted by Crippen LogP contribution is 2.11. The average molecular weight is 178 g/mol. The van der Waals surface area contributed by atoms with Crippen LogP contribution in [0.15, 0.2) is 18.7 Å². The Morgan fingerprint density at radius 2 is 2.38 bits per heavy atom. The van der Waals surface area contributed by atoms with E-state index in [0.29, 0.717) is 11.4 Å². The number of nitrogens with two attached hydrogens (primary N) is 1. The Morgan fingerprint density at radius 1 is 1.69 bits per heavy atom. The lowest BCUT2D eigenvalue weighted by Gasteiger charge is -2.02. The number of rotatable bonds is 2. The van der Waals surface area contributed by atoms with Crippen LogP contribution in [0.2, 0.25) is 0 Å². The third kappa shape index (κ3) is 1.84. The number of esters is 1. The van der Waals surface area contributed by atoms with Gasteiger partial charge in [-0.2, -0.15) is 0 Å². The summed E-state index contributed by atoms with van der Waals surface area (Å²) in [6, 6.07) is 3.10. The Bertz CT molecular complexity index is 347. The number of ether oxygens (including phenoxy) is 1. The van der Waals surface area contributed by atoms with Crippen LogP contribution >= 0.6 is 0 Å². The first kappa shape index (κ1) is 9.25. The predicted octanol–water partition coefficient (Wildman–Crippen LogP) is 1.09. The van der Waals surface area contributed by atoms with Crippen LogP contribution in [0.25, 0.3) is 6.08 Å². The van der Waals surface area contributed by atoms with E-state index in [-0.39, 0.29) is 5.69 Å². The second-order valence-electron chi connectivity index (χ2n) is 2.37. The minimum Gasteiger partial charge on any atom is -0.464 e. The fourth-order valence-electron chi connectivity index (χ4n) is 0.867. The molecule has 0 aliphatic heterocycles. The van der Waals surface area contributed by atoms with Crippen LogP contribution in [-0.4, -0.2) is 18.1 Å². The molecule has 0 aliphatic carbocycles. The highest BCUT2D eigenvalue weighted by atomic mass is 16.5. The van der Waals surface area contributed by atoms with Gasteiger partial charge in [0.15, 0.2) is 0 Å². The van der Waals surface area contributed by atoms with Crippen LogP contribution < -0.4 is 5.73 Å². The Hall–Kier alpha value is -1.84. The van der Waals surface area contributed by atoms with Crippen molar-refractivity contribution < 1.29 is 9.53 Å². The van der Waals surface area contributed by atoms with E-state index in [0.717, 1.165) is 0 Å². The van der Waals surface area contributed by atoms with E-state index >= 15 is 0 Å². The standard InChI is InChI=1S/C9H10N2O2/c1-3-7-6(10)4-5-8(11-7)9(12)13-2/h3-5H,1,10H2,2H3. The molecule has 0 unspecified atom stereocenters. The molecule has 4 nitrogen and oxygen atoms in total. The Balaban J connectivity index is 3.13. The molecule has 2 N–H and O–H groups in total. The summed E-state index contributed by atoms with van der Waals surface area (Å²) in [5.74, 6) is -0.483. The summed E-state index contributed by atoms with van der Waals surface area (Å²) in [5.41, 5.74) is 6.76. The monoisotopic (exact) mass is 178 g/mol. The third-order valence-corrected chi connectivity index (χ3v) is 1.55. The molecule has 1 aromatic rings. The molecule has 1 rings (SSSR count). The van der Waals surface area contributed by atoms with Crippen molar-refractivity contribution in [2.45, 2.75) is 0 Å². The van der Waals surface area contributed by atoms with Crippen molar-refractivity contribution in [1.29, 1.82) is 0 Å². The molecule has 0 fully saturated rings. The Labute approximate surface area is 76.0 Å². The maximum absolute atomic E-state index is 11.0. The van der Waals surface area contributed by atoms with E-state index in [1.165, 1.54) is 19.3 Å². The first-order chi connectivity index (χ1) is 6.19. The fourth-order valence-corrected chi connectivity index (χ4v) is 0.867. The minimum atomic E-state index is -0.483. The molecule has 4 heteroatoms. The molecule has 0 saturated heterocycles. The minimum absolute atomic E-state index is 0.228. The van der Waals surface area contributed by atoms with Gasteiger partial charge in [0, 0.05) is 0 Å². The van der Waals surface area contributed by atoms with Gasteiger partial charge in [-0.25, -0.2) is 9.78 Å². The van der Waals surface area contributed by atoms with E-state index in [2.05, 4.69) is 16.3 Å². The van der Waals surface area contributed by atoms with Crippen molar-refractivity contribution in [3.8, 4) is 0 Å². The highest BCUT2D eigenvalue weighted by Gasteiger charge is 2.07. The van der Waals surface area contributed by atoms with Gasteiger partial charge in [-0.3, -0.25) is 0 Å². The summed E-state index contributed by atoms with van der Waals surface area (Å²) in [4.78, 5) is 15.0. The van der Waals surface area contributed by atoms with E-state index < -0.39 is 5.97 Å². The summed E-state index contributed by atoms with van der Waals surface area (Å²) in [7, 11) is 1.30. The van der Waals surface area contributed by atoms with Gasteiger partial charge >= 0.3 is 5.97 Å². The summed E-state index contributed by atoms with van der Waals surface area (Å²) in [6.45, 7) is 3.52. The number of carbonyl (C=O) groups is 1. The molecular formula is C9H10N2O2. The topological polar surface area (TPSA) is 65.2 Å². The zero-order chi connectivity index (χ0) is 9.84. The molecule has 68 valence electrons. The zero-order valence-electron chi connectivity index (χ0n) is 7.28. The SMILES string of the molecule is C=Cc1nc(C(=O)OC)ccc1N. The normalized spacial score (nSPS) is 9.31. The van der Waals surface area contributed by atoms with Crippen LogP contribution in [0.1, 0.15) is 16.2 Å². The van der Waals surface area contributed by atoms with Crippen molar-refractivity contribution in [3.63, 3.8) is 0 Å². The van der Waals surface area contributed by atoms with Crippen LogP contribution in [0, 0.1) is 0 Å². The van der Waals surface area contributed by atoms with Crippen molar-refractivity contribution in [1.82, 2.24) is 4.98 Å². The number of nitrogen functional groups attached to an aromatic ring is 1. The molecule has 1 aromatic heterocycles. The van der Waals surface area contributed by atoms with Gasteiger partial charge in [0.25, 0.3) is 0 Å². The maximum Gasteiger partial charge on any atom is 0.356 e. The maximum atomic E-state index is 11.0. The molecule has 0 saturated carbocycles. The van der Waals surface area contributed by atoms with Crippen LogP contribution in [-0.2, 0) is 4.74 Å². The molecule has 0 atom stereocenters. The Kier molecular flexibility index (Phi) is 2.64. The summed E-state index contributed by atoms with van der Waals surface area (Å²) in [5, 5.41) is 0. The van der Waals surface area contributed by atoms with Crippen molar-refractivity contribution in [3.05, 3.63) is 30.1 Å². The molecule has 0 radical (unpaired) electrons. The number of hydrogen-bond donors (Lipinski definition) is 1. The van der Waals surface area contributed by atoms with E-state index in [9.17, 15) is 4.79 Å². The number of nitrogens with zero attached hydrogens (tertiary/aromatic N) is 1. The molecule has 0 aliphatic rings. The quantitative estimate of drug-likeness (QED) is 0.688. The zero-order valence-corrected chi connectivity index (χ0v) is 7.28. The van der Waals surface area contributed by atoms with E-state index in [1.54, 1.807) is 6.07 Å². The number of carbonyl (C=O) groups excluding carboxylic acids is 1. The molecule has 0 spiro atoms. The third-order valence-electron chi connectivity index (χ3n) is 1.55. The van der Waals surface area contributed by atoms with E-state index in [1.807, 2.05) is 0 Å². The lowest BCUT2D eigenvalue weighted by molar-refractivity contribution is 0.0594. The lowest BCUT2D eigenvalue weighted by atomic mass is 10.2. The molecule has 1 heterocycles. The fraction of sp³-hybridized carbons (Fsp3) is 0.111. The van der Waals surface area contributed by atoms with E-state index in [4.69, 9.17) is 5.73 Å². The molecular weight excluding hydrogens is 168 g/mol. The number of pyridine rings is 1. The lowest BCUT2D eigenvalue weighted by Crippen LogP contribution is -2.06. The number of hydrogen-bond acceptors (Lipinski definition) is 4. The number of anilines is 1. The van der Waals surface area contributed by atoms with Gasteiger partial charge < -0.3 is 10.5 Å².